The normalized spacial score (nSPS) is 14.9. The van der Waals surface area contributed by atoms with Crippen molar-refractivity contribution in [2.24, 2.45) is 0 Å². The molecule has 1 aromatic carbocycles. The second-order valence-corrected chi connectivity index (χ2v) is 3.80. The highest BCUT2D eigenvalue weighted by Gasteiger charge is 2.19. The molecular formula is C11H14BNO3. The van der Waals surface area contributed by atoms with E-state index in [0.717, 1.165) is 25.9 Å². The van der Waals surface area contributed by atoms with Crippen LogP contribution in [0.5, 0.6) is 5.75 Å². The molecule has 0 atom stereocenters. The third-order valence-corrected chi connectivity index (χ3v) is 2.73. The maximum absolute atomic E-state index is 12.0. The highest BCUT2D eigenvalue weighted by molar-refractivity contribution is 6.17. The monoisotopic (exact) mass is 219 g/mol. The van der Waals surface area contributed by atoms with E-state index in [1.165, 1.54) is 0 Å². The van der Waals surface area contributed by atoms with Crippen LogP contribution < -0.4 is 4.65 Å². The number of carbonyl (C=O) groups excluding carboxylic acids is 1. The zero-order chi connectivity index (χ0) is 11.4. The van der Waals surface area contributed by atoms with Crippen LogP contribution in [0.15, 0.2) is 24.3 Å². The van der Waals surface area contributed by atoms with Crippen LogP contribution in [0.1, 0.15) is 23.2 Å². The Morgan fingerprint density at radius 3 is 2.44 bits per heavy atom. The van der Waals surface area contributed by atoms with Crippen LogP contribution in [0.2, 0.25) is 0 Å². The second-order valence-electron chi connectivity index (χ2n) is 3.80. The highest BCUT2D eigenvalue weighted by Crippen LogP contribution is 2.16. The van der Waals surface area contributed by atoms with E-state index in [1.807, 2.05) is 4.90 Å². The Balaban J connectivity index is 2.05. The molecule has 1 N–H and O–H groups in total. The standard InChI is InChI=1S/C11H14BNO3/c14-11(13-7-1-2-8-13)9-3-5-10(6-4-9)16-12-15/h3-6,12,15H,1-2,7-8H2. The van der Waals surface area contributed by atoms with E-state index in [-0.39, 0.29) is 13.6 Å². The molecule has 1 aromatic rings. The van der Waals surface area contributed by atoms with Gasteiger partial charge in [0.05, 0.1) is 0 Å². The molecule has 1 amide bonds. The fourth-order valence-electron chi connectivity index (χ4n) is 1.87. The summed E-state index contributed by atoms with van der Waals surface area (Å²) in [5, 5.41) is 8.57. The van der Waals surface area contributed by atoms with Crippen molar-refractivity contribution < 1.29 is 14.5 Å². The summed E-state index contributed by atoms with van der Waals surface area (Å²) < 4.78 is 4.90. The molecule has 16 heavy (non-hydrogen) atoms. The second kappa shape index (κ2) is 5.03. The van der Waals surface area contributed by atoms with Gasteiger partial charge in [0.2, 0.25) is 0 Å². The molecule has 1 heterocycles. The lowest BCUT2D eigenvalue weighted by molar-refractivity contribution is 0.0793. The fraction of sp³-hybridized carbons (Fsp3) is 0.364. The smallest absolute Gasteiger partial charge is 0.504 e. The van der Waals surface area contributed by atoms with Crippen LogP contribution in [0.25, 0.3) is 0 Å². The van der Waals surface area contributed by atoms with Crippen LogP contribution in [0.3, 0.4) is 0 Å². The molecule has 0 saturated carbocycles. The van der Waals surface area contributed by atoms with Crippen LogP contribution >= 0.6 is 0 Å². The molecular weight excluding hydrogens is 205 g/mol. The van der Waals surface area contributed by atoms with Gasteiger partial charge in [-0.3, -0.25) is 4.79 Å². The van der Waals surface area contributed by atoms with Crippen molar-refractivity contribution in [3.63, 3.8) is 0 Å². The van der Waals surface area contributed by atoms with Gasteiger partial charge in [-0.05, 0) is 37.1 Å². The maximum atomic E-state index is 12.0. The van der Waals surface area contributed by atoms with Crippen molar-refractivity contribution in [3.05, 3.63) is 29.8 Å². The summed E-state index contributed by atoms with van der Waals surface area (Å²) in [6, 6.07) is 6.84. The van der Waals surface area contributed by atoms with Crippen molar-refractivity contribution >= 4 is 13.6 Å². The summed E-state index contributed by atoms with van der Waals surface area (Å²) in [5.74, 6) is 0.647. The first kappa shape index (κ1) is 11.0. The van der Waals surface area contributed by atoms with Crippen LogP contribution in [-0.4, -0.2) is 36.6 Å². The van der Waals surface area contributed by atoms with Gasteiger partial charge in [-0.1, -0.05) is 0 Å². The number of hydrogen-bond acceptors (Lipinski definition) is 3. The third kappa shape index (κ3) is 2.36. The Hall–Kier alpha value is -1.49. The quantitative estimate of drug-likeness (QED) is 0.755. The fourth-order valence-corrected chi connectivity index (χ4v) is 1.87. The number of carbonyl (C=O) groups is 1. The predicted octanol–water partition coefficient (Wildman–Crippen LogP) is 0.560. The molecule has 1 aliphatic rings. The topological polar surface area (TPSA) is 49.8 Å². The van der Waals surface area contributed by atoms with E-state index < -0.39 is 0 Å². The molecule has 2 rings (SSSR count). The molecule has 0 aliphatic carbocycles. The highest BCUT2D eigenvalue weighted by atomic mass is 16.5. The van der Waals surface area contributed by atoms with E-state index in [1.54, 1.807) is 24.3 Å². The van der Waals surface area contributed by atoms with Crippen LogP contribution in [-0.2, 0) is 0 Å². The number of hydrogen-bond donors (Lipinski definition) is 1. The van der Waals surface area contributed by atoms with E-state index in [2.05, 4.69) is 0 Å². The van der Waals surface area contributed by atoms with Crippen molar-refractivity contribution in [1.29, 1.82) is 0 Å². The van der Waals surface area contributed by atoms with Gasteiger partial charge in [-0.15, -0.1) is 0 Å². The van der Waals surface area contributed by atoms with Gasteiger partial charge in [-0.25, -0.2) is 0 Å². The summed E-state index contributed by atoms with van der Waals surface area (Å²) in [6.45, 7) is 1.71. The lowest BCUT2D eigenvalue weighted by Crippen LogP contribution is -2.27. The first-order chi connectivity index (χ1) is 7.81. The number of nitrogens with zero attached hydrogens (tertiary/aromatic N) is 1. The van der Waals surface area contributed by atoms with E-state index in [4.69, 9.17) is 9.68 Å². The SMILES string of the molecule is O=C(c1ccc(OBO)cc1)N1CCCC1. The van der Waals surface area contributed by atoms with Gasteiger partial charge in [0.15, 0.2) is 0 Å². The Bertz CT molecular complexity index is 360. The van der Waals surface area contributed by atoms with E-state index in [9.17, 15) is 4.79 Å². The third-order valence-electron chi connectivity index (χ3n) is 2.73. The Kier molecular flexibility index (Phi) is 3.46. The van der Waals surface area contributed by atoms with Gasteiger partial charge in [0.25, 0.3) is 5.91 Å². The maximum Gasteiger partial charge on any atom is 0.504 e. The molecule has 0 unspecified atom stereocenters. The zero-order valence-corrected chi connectivity index (χ0v) is 9.06. The van der Waals surface area contributed by atoms with Gasteiger partial charge >= 0.3 is 7.69 Å². The number of amides is 1. The zero-order valence-electron chi connectivity index (χ0n) is 9.06. The first-order valence-electron chi connectivity index (χ1n) is 5.44. The van der Waals surface area contributed by atoms with Crippen molar-refractivity contribution in [2.45, 2.75) is 12.8 Å². The lowest BCUT2D eigenvalue weighted by Gasteiger charge is -2.15. The first-order valence-corrected chi connectivity index (χ1v) is 5.44. The minimum Gasteiger partial charge on any atom is -0.539 e. The molecule has 0 bridgehead atoms. The summed E-state index contributed by atoms with van der Waals surface area (Å²) in [6.07, 6.45) is 2.19. The molecule has 4 nitrogen and oxygen atoms in total. The summed E-state index contributed by atoms with van der Waals surface area (Å²) in [5.41, 5.74) is 0.673. The van der Waals surface area contributed by atoms with E-state index in [0.29, 0.717) is 11.3 Å². The summed E-state index contributed by atoms with van der Waals surface area (Å²) in [7, 11) is -0.348. The molecule has 0 aromatic heterocycles. The van der Waals surface area contributed by atoms with Crippen molar-refractivity contribution in [2.75, 3.05) is 13.1 Å². The molecule has 0 spiro atoms. The summed E-state index contributed by atoms with van der Waals surface area (Å²) in [4.78, 5) is 13.8. The number of benzene rings is 1. The van der Waals surface area contributed by atoms with Gasteiger partial charge < -0.3 is 14.6 Å². The average Bonchev–Trinajstić information content (AvgIpc) is 2.83. The van der Waals surface area contributed by atoms with Crippen molar-refractivity contribution in [3.8, 4) is 5.75 Å². The minimum absolute atomic E-state index is 0.0769. The average molecular weight is 219 g/mol. The molecule has 1 aliphatic heterocycles. The Morgan fingerprint density at radius 1 is 1.25 bits per heavy atom. The van der Waals surface area contributed by atoms with Crippen LogP contribution in [0.4, 0.5) is 0 Å². The molecule has 5 heteroatoms. The summed E-state index contributed by atoms with van der Waals surface area (Å²) >= 11 is 0. The molecule has 1 fully saturated rings. The molecule has 1 saturated heterocycles. The van der Waals surface area contributed by atoms with Crippen molar-refractivity contribution in [1.82, 2.24) is 4.90 Å². The molecule has 84 valence electrons. The Labute approximate surface area is 95.1 Å². The predicted molar refractivity (Wildman–Crippen MR) is 61.6 cm³/mol. The van der Waals surface area contributed by atoms with Gasteiger partial charge in [-0.2, -0.15) is 0 Å². The van der Waals surface area contributed by atoms with Gasteiger partial charge in [0.1, 0.15) is 5.75 Å². The van der Waals surface area contributed by atoms with Gasteiger partial charge in [0, 0.05) is 18.7 Å². The molecule has 0 radical (unpaired) electrons. The minimum atomic E-state index is -0.348. The Morgan fingerprint density at radius 2 is 1.88 bits per heavy atom. The number of likely N-dealkylation sites (tertiary alicyclic amines) is 1. The van der Waals surface area contributed by atoms with Crippen LogP contribution in [0, 0.1) is 0 Å². The lowest BCUT2D eigenvalue weighted by atomic mass is 10.2. The van der Waals surface area contributed by atoms with E-state index >= 15 is 0 Å². The largest absolute Gasteiger partial charge is 0.539 e. The number of rotatable bonds is 3.